The fourth-order valence-corrected chi connectivity index (χ4v) is 4.73. The normalized spacial score (nSPS) is 11.1. The van der Waals surface area contributed by atoms with E-state index in [-0.39, 0.29) is 17.2 Å². The number of hydrogen-bond donors (Lipinski definition) is 2. The van der Waals surface area contributed by atoms with E-state index in [1.807, 2.05) is 55.5 Å². The Kier molecular flexibility index (Phi) is 6.64. The standard InChI is InChI=1S/C27H24N4O4S/c1-3-35-20-14-10-18(11-15-20)31-26(33)25-24(21-6-4-5-7-22(21)29-25)30-27(31)36-16-23(32)28-17-8-12-19(34-2)13-9-17/h4-15,29H,3,16H2,1-2H3,(H,28,32). The van der Waals surface area contributed by atoms with Crippen molar-refractivity contribution < 1.29 is 14.3 Å². The molecule has 182 valence electrons. The lowest BCUT2D eigenvalue weighted by Crippen LogP contribution is -2.23. The van der Waals surface area contributed by atoms with Gasteiger partial charge < -0.3 is 19.8 Å². The maximum atomic E-state index is 13.7. The topological polar surface area (TPSA) is 98.2 Å². The Morgan fingerprint density at radius 1 is 1.03 bits per heavy atom. The summed E-state index contributed by atoms with van der Waals surface area (Å²) in [6.45, 7) is 2.46. The first kappa shape index (κ1) is 23.5. The number of amides is 1. The van der Waals surface area contributed by atoms with Gasteiger partial charge in [-0.05, 0) is 61.5 Å². The number of anilines is 1. The van der Waals surface area contributed by atoms with Gasteiger partial charge in [0.2, 0.25) is 5.91 Å². The van der Waals surface area contributed by atoms with Crippen LogP contribution in [0.2, 0.25) is 0 Å². The second-order valence-corrected chi connectivity index (χ2v) is 8.86. The van der Waals surface area contributed by atoms with Gasteiger partial charge in [-0.3, -0.25) is 14.2 Å². The van der Waals surface area contributed by atoms with Gasteiger partial charge in [0.1, 0.15) is 22.5 Å². The fourth-order valence-electron chi connectivity index (χ4n) is 3.93. The zero-order valence-electron chi connectivity index (χ0n) is 19.8. The summed E-state index contributed by atoms with van der Waals surface area (Å²) >= 11 is 1.20. The number of rotatable bonds is 8. The molecule has 5 rings (SSSR count). The van der Waals surface area contributed by atoms with Gasteiger partial charge in [-0.2, -0.15) is 0 Å². The number of hydrogen-bond acceptors (Lipinski definition) is 6. The SMILES string of the molecule is CCOc1ccc(-n2c(SCC(=O)Nc3ccc(OC)cc3)nc3c([nH]c4ccccc43)c2=O)cc1. The molecule has 2 N–H and O–H groups in total. The number of carbonyl (C=O) groups excluding carboxylic acids is 1. The Hall–Kier alpha value is -4.24. The number of aromatic nitrogens is 3. The van der Waals surface area contributed by atoms with Crippen molar-refractivity contribution in [2.75, 3.05) is 24.8 Å². The third kappa shape index (κ3) is 4.65. The van der Waals surface area contributed by atoms with Crippen LogP contribution >= 0.6 is 11.8 Å². The first-order chi connectivity index (χ1) is 17.6. The van der Waals surface area contributed by atoms with Crippen LogP contribution in [0.15, 0.2) is 82.7 Å². The van der Waals surface area contributed by atoms with Crippen LogP contribution in [0, 0.1) is 0 Å². The van der Waals surface area contributed by atoms with Gasteiger partial charge in [-0.1, -0.05) is 30.0 Å². The first-order valence-corrected chi connectivity index (χ1v) is 12.4. The number of methoxy groups -OCH3 is 1. The predicted molar refractivity (Wildman–Crippen MR) is 143 cm³/mol. The molecule has 0 unspecified atom stereocenters. The van der Waals surface area contributed by atoms with E-state index in [4.69, 9.17) is 14.5 Å². The molecule has 0 fully saturated rings. The van der Waals surface area contributed by atoms with Gasteiger partial charge in [0.25, 0.3) is 5.56 Å². The summed E-state index contributed by atoms with van der Waals surface area (Å²) in [5, 5.41) is 4.14. The van der Waals surface area contributed by atoms with Crippen molar-refractivity contribution in [1.82, 2.24) is 14.5 Å². The number of para-hydroxylation sites is 1. The van der Waals surface area contributed by atoms with Crippen molar-refractivity contribution in [3.05, 3.63) is 83.2 Å². The average molecular weight is 501 g/mol. The van der Waals surface area contributed by atoms with Crippen LogP contribution in [0.1, 0.15) is 6.92 Å². The quantitative estimate of drug-likeness (QED) is 0.230. The molecule has 2 heterocycles. The second-order valence-electron chi connectivity index (χ2n) is 7.92. The third-order valence-electron chi connectivity index (χ3n) is 5.61. The van der Waals surface area contributed by atoms with Crippen molar-refractivity contribution in [3.63, 3.8) is 0 Å². The number of thioether (sulfide) groups is 1. The van der Waals surface area contributed by atoms with Gasteiger partial charge in [0.05, 0.1) is 25.2 Å². The largest absolute Gasteiger partial charge is 0.497 e. The molecular formula is C27H24N4O4S. The highest BCUT2D eigenvalue weighted by Gasteiger charge is 2.18. The van der Waals surface area contributed by atoms with E-state index in [2.05, 4.69) is 10.3 Å². The summed E-state index contributed by atoms with van der Waals surface area (Å²) in [5.41, 5.74) is 2.88. The Morgan fingerprint density at radius 2 is 1.75 bits per heavy atom. The molecule has 0 aliphatic heterocycles. The van der Waals surface area contributed by atoms with E-state index in [1.165, 1.54) is 16.3 Å². The van der Waals surface area contributed by atoms with Gasteiger partial charge in [0, 0.05) is 16.6 Å². The predicted octanol–water partition coefficient (Wildman–Crippen LogP) is 5.01. The highest BCUT2D eigenvalue weighted by Crippen LogP contribution is 2.27. The minimum atomic E-state index is -0.238. The molecular weight excluding hydrogens is 476 g/mol. The van der Waals surface area contributed by atoms with Crippen molar-refractivity contribution in [2.24, 2.45) is 0 Å². The Bertz CT molecular complexity index is 1590. The number of ether oxygens (including phenoxy) is 2. The zero-order valence-corrected chi connectivity index (χ0v) is 20.6. The van der Waals surface area contributed by atoms with Crippen LogP contribution < -0.4 is 20.3 Å². The van der Waals surface area contributed by atoms with Crippen LogP contribution in [-0.2, 0) is 4.79 Å². The molecule has 0 saturated heterocycles. The van der Waals surface area contributed by atoms with E-state index in [0.717, 1.165) is 10.9 Å². The Balaban J connectivity index is 1.51. The van der Waals surface area contributed by atoms with E-state index in [9.17, 15) is 9.59 Å². The maximum absolute atomic E-state index is 13.7. The lowest BCUT2D eigenvalue weighted by Gasteiger charge is -2.13. The lowest BCUT2D eigenvalue weighted by atomic mass is 10.2. The van der Waals surface area contributed by atoms with Crippen LogP contribution in [0.25, 0.3) is 27.6 Å². The van der Waals surface area contributed by atoms with Crippen molar-refractivity contribution in [3.8, 4) is 17.2 Å². The van der Waals surface area contributed by atoms with Gasteiger partial charge in [-0.15, -0.1) is 0 Å². The molecule has 8 nitrogen and oxygen atoms in total. The number of nitrogens with one attached hydrogen (secondary N) is 2. The van der Waals surface area contributed by atoms with Gasteiger partial charge in [-0.25, -0.2) is 4.98 Å². The molecule has 0 aliphatic carbocycles. The van der Waals surface area contributed by atoms with E-state index in [0.29, 0.717) is 45.7 Å². The lowest BCUT2D eigenvalue weighted by molar-refractivity contribution is -0.113. The molecule has 9 heteroatoms. The average Bonchev–Trinajstić information content (AvgIpc) is 3.28. The molecule has 2 aromatic heterocycles. The second kappa shape index (κ2) is 10.2. The number of nitrogens with zero attached hydrogens (tertiary/aromatic N) is 2. The molecule has 0 aliphatic rings. The summed E-state index contributed by atoms with van der Waals surface area (Å²) in [6.07, 6.45) is 0. The zero-order chi connectivity index (χ0) is 25.1. The number of fused-ring (bicyclic) bond motifs is 3. The molecule has 1 amide bonds. The molecule has 3 aromatic carbocycles. The minimum absolute atomic E-state index is 0.0728. The molecule has 0 radical (unpaired) electrons. The van der Waals surface area contributed by atoms with E-state index >= 15 is 0 Å². The number of H-pyrrole nitrogens is 1. The molecule has 5 aromatic rings. The maximum Gasteiger partial charge on any atom is 0.283 e. The van der Waals surface area contributed by atoms with Crippen LogP contribution in [0.3, 0.4) is 0 Å². The summed E-state index contributed by atoms with van der Waals surface area (Å²) in [4.78, 5) is 34.4. The monoisotopic (exact) mass is 500 g/mol. The van der Waals surface area contributed by atoms with Crippen molar-refractivity contribution >= 4 is 45.3 Å². The number of aromatic amines is 1. The highest BCUT2D eigenvalue weighted by atomic mass is 32.2. The van der Waals surface area contributed by atoms with E-state index < -0.39 is 0 Å². The Morgan fingerprint density at radius 3 is 2.47 bits per heavy atom. The molecule has 0 bridgehead atoms. The molecule has 36 heavy (non-hydrogen) atoms. The van der Waals surface area contributed by atoms with Crippen molar-refractivity contribution in [2.45, 2.75) is 12.1 Å². The summed E-state index contributed by atoms with van der Waals surface area (Å²) in [5.74, 6) is 1.28. The molecule has 0 spiro atoms. The smallest absolute Gasteiger partial charge is 0.283 e. The van der Waals surface area contributed by atoms with Gasteiger partial charge >= 0.3 is 0 Å². The summed E-state index contributed by atoms with van der Waals surface area (Å²) in [6, 6.07) is 22.0. The minimum Gasteiger partial charge on any atom is -0.497 e. The Labute approximate surface area is 211 Å². The molecule has 0 atom stereocenters. The molecule has 0 saturated carbocycles. The fraction of sp³-hybridized carbons (Fsp3) is 0.148. The first-order valence-electron chi connectivity index (χ1n) is 11.4. The van der Waals surface area contributed by atoms with Crippen molar-refractivity contribution in [1.29, 1.82) is 0 Å². The third-order valence-corrected chi connectivity index (χ3v) is 6.54. The van der Waals surface area contributed by atoms with E-state index in [1.54, 1.807) is 31.4 Å². The highest BCUT2D eigenvalue weighted by molar-refractivity contribution is 7.99. The van der Waals surface area contributed by atoms with Gasteiger partial charge in [0.15, 0.2) is 5.16 Å². The van der Waals surface area contributed by atoms with Crippen LogP contribution in [-0.4, -0.2) is 39.9 Å². The number of benzene rings is 3. The number of carbonyl (C=O) groups is 1. The summed E-state index contributed by atoms with van der Waals surface area (Å²) < 4.78 is 12.2. The summed E-state index contributed by atoms with van der Waals surface area (Å²) in [7, 11) is 1.59. The van der Waals surface area contributed by atoms with Crippen LogP contribution in [0.4, 0.5) is 5.69 Å². The van der Waals surface area contributed by atoms with Crippen LogP contribution in [0.5, 0.6) is 11.5 Å².